The van der Waals surface area contributed by atoms with Crippen molar-refractivity contribution in [1.29, 1.82) is 0 Å². The van der Waals surface area contributed by atoms with Gasteiger partial charge in [0.2, 0.25) is 0 Å². The molecule has 0 bridgehead atoms. The van der Waals surface area contributed by atoms with Gasteiger partial charge in [-0.3, -0.25) is 0 Å². The van der Waals surface area contributed by atoms with Crippen LogP contribution in [0.5, 0.6) is 0 Å². The number of oxime groups is 1. The third-order valence-corrected chi connectivity index (χ3v) is 3.23. The second kappa shape index (κ2) is 4.80. The Morgan fingerprint density at radius 3 is 2.78 bits per heavy atom. The molecule has 2 rings (SSSR count). The van der Waals surface area contributed by atoms with Crippen molar-refractivity contribution < 1.29 is 5.21 Å². The molecule has 3 N–H and O–H groups in total. The predicted molar refractivity (Wildman–Crippen MR) is 69.8 cm³/mol. The molecule has 0 atom stereocenters. The van der Waals surface area contributed by atoms with Gasteiger partial charge in [0.25, 0.3) is 0 Å². The van der Waals surface area contributed by atoms with Crippen LogP contribution in [-0.4, -0.2) is 34.1 Å². The molecule has 1 aromatic rings. The molecule has 1 fully saturated rings. The lowest BCUT2D eigenvalue weighted by molar-refractivity contribution is 0.292. The van der Waals surface area contributed by atoms with Gasteiger partial charge in [-0.05, 0) is 18.3 Å². The number of amidine groups is 1. The van der Waals surface area contributed by atoms with Crippen LogP contribution in [0.15, 0.2) is 17.5 Å². The van der Waals surface area contributed by atoms with Gasteiger partial charge in [0.05, 0.1) is 12.4 Å². The summed E-state index contributed by atoms with van der Waals surface area (Å²) in [5.41, 5.74) is 6.15. The van der Waals surface area contributed by atoms with Crippen LogP contribution in [0, 0.1) is 5.41 Å². The van der Waals surface area contributed by atoms with Crippen molar-refractivity contribution in [1.82, 2.24) is 9.97 Å². The molecule has 1 aliphatic heterocycles. The second-order valence-corrected chi connectivity index (χ2v) is 5.43. The topological polar surface area (TPSA) is 87.6 Å². The van der Waals surface area contributed by atoms with E-state index in [4.69, 9.17) is 10.9 Å². The molecule has 1 saturated heterocycles. The first-order valence-corrected chi connectivity index (χ1v) is 6.07. The Morgan fingerprint density at radius 1 is 1.44 bits per heavy atom. The summed E-state index contributed by atoms with van der Waals surface area (Å²) in [6, 6.07) is 0. The van der Waals surface area contributed by atoms with Gasteiger partial charge in [-0.25, -0.2) is 9.97 Å². The van der Waals surface area contributed by atoms with Gasteiger partial charge < -0.3 is 15.8 Å². The zero-order chi connectivity index (χ0) is 13.2. The van der Waals surface area contributed by atoms with Crippen molar-refractivity contribution in [3.63, 3.8) is 0 Å². The zero-order valence-electron chi connectivity index (χ0n) is 10.8. The summed E-state index contributed by atoms with van der Waals surface area (Å²) in [4.78, 5) is 10.7. The fourth-order valence-electron chi connectivity index (χ4n) is 2.29. The van der Waals surface area contributed by atoms with E-state index in [1.54, 1.807) is 6.20 Å². The Hall–Kier alpha value is -1.85. The van der Waals surface area contributed by atoms with Crippen molar-refractivity contribution in [2.45, 2.75) is 26.7 Å². The smallest absolute Gasteiger partial charge is 0.190 e. The Labute approximate surface area is 107 Å². The highest BCUT2D eigenvalue weighted by Crippen LogP contribution is 2.30. The maximum absolute atomic E-state index is 8.56. The van der Waals surface area contributed by atoms with Gasteiger partial charge in [0.15, 0.2) is 5.84 Å². The van der Waals surface area contributed by atoms with E-state index in [0.29, 0.717) is 11.1 Å². The molecule has 0 radical (unpaired) electrons. The Bertz CT molecular complexity index is 440. The molecule has 0 spiro atoms. The minimum atomic E-state index is -0.0203. The first-order chi connectivity index (χ1) is 8.52. The van der Waals surface area contributed by atoms with E-state index in [1.807, 2.05) is 0 Å². The summed E-state index contributed by atoms with van der Waals surface area (Å²) in [6.07, 6.45) is 5.61. The highest BCUT2D eigenvalue weighted by atomic mass is 16.4. The van der Waals surface area contributed by atoms with Gasteiger partial charge in [-0.15, -0.1) is 0 Å². The van der Waals surface area contributed by atoms with Gasteiger partial charge in [-0.2, -0.15) is 0 Å². The van der Waals surface area contributed by atoms with Crippen molar-refractivity contribution in [2.24, 2.45) is 16.3 Å². The van der Waals surface area contributed by atoms with Gasteiger partial charge in [0.1, 0.15) is 11.5 Å². The third kappa shape index (κ3) is 2.69. The molecule has 6 nitrogen and oxygen atoms in total. The van der Waals surface area contributed by atoms with Gasteiger partial charge in [-0.1, -0.05) is 19.0 Å². The van der Waals surface area contributed by atoms with Crippen molar-refractivity contribution >= 4 is 11.7 Å². The van der Waals surface area contributed by atoms with Crippen molar-refractivity contribution in [3.8, 4) is 0 Å². The quantitative estimate of drug-likeness (QED) is 0.356. The number of hydrogen-bond donors (Lipinski definition) is 2. The standard InChI is InChI=1S/C12H19N5O/c1-12(2)4-3-5-17(8-12)10-7-14-9(6-15-10)11(13)16-18/h6-7,18H,3-5,8H2,1-2H3,(H2,13,16). The molecular weight excluding hydrogens is 230 g/mol. The molecule has 18 heavy (non-hydrogen) atoms. The van der Waals surface area contributed by atoms with Crippen molar-refractivity contribution in [2.75, 3.05) is 18.0 Å². The molecule has 2 heterocycles. The fourth-order valence-corrected chi connectivity index (χ4v) is 2.29. The Morgan fingerprint density at radius 2 is 2.22 bits per heavy atom. The minimum Gasteiger partial charge on any atom is -0.409 e. The molecule has 98 valence electrons. The van der Waals surface area contributed by atoms with Gasteiger partial charge >= 0.3 is 0 Å². The number of anilines is 1. The summed E-state index contributed by atoms with van der Waals surface area (Å²) in [5, 5.41) is 11.5. The van der Waals surface area contributed by atoms with E-state index < -0.39 is 0 Å². The molecule has 0 aromatic carbocycles. The van der Waals surface area contributed by atoms with Crippen LogP contribution in [0.4, 0.5) is 5.82 Å². The van der Waals surface area contributed by atoms with E-state index in [2.05, 4.69) is 33.9 Å². The highest BCUT2D eigenvalue weighted by Gasteiger charge is 2.27. The number of nitrogens with two attached hydrogens (primary N) is 1. The molecule has 0 saturated carbocycles. The number of nitrogens with zero attached hydrogens (tertiary/aromatic N) is 4. The highest BCUT2D eigenvalue weighted by molar-refractivity contribution is 5.94. The third-order valence-electron chi connectivity index (χ3n) is 3.23. The SMILES string of the molecule is CC1(C)CCCN(c2cnc(C(N)=NO)cn2)C1. The number of hydrogen-bond acceptors (Lipinski definition) is 5. The van der Waals surface area contributed by atoms with Crippen LogP contribution < -0.4 is 10.6 Å². The summed E-state index contributed by atoms with van der Waals surface area (Å²) in [5.74, 6) is 0.824. The van der Waals surface area contributed by atoms with Crippen LogP contribution in [0.25, 0.3) is 0 Å². The van der Waals surface area contributed by atoms with Crippen LogP contribution in [0.2, 0.25) is 0 Å². The van der Waals surface area contributed by atoms with E-state index in [0.717, 1.165) is 25.3 Å². The summed E-state index contributed by atoms with van der Waals surface area (Å²) >= 11 is 0. The predicted octanol–water partition coefficient (Wildman–Crippen LogP) is 1.20. The van der Waals surface area contributed by atoms with Crippen LogP contribution in [-0.2, 0) is 0 Å². The lowest BCUT2D eigenvalue weighted by Crippen LogP contribution is -2.40. The van der Waals surface area contributed by atoms with Crippen LogP contribution in [0.3, 0.4) is 0 Å². The largest absolute Gasteiger partial charge is 0.409 e. The molecule has 0 unspecified atom stereocenters. The van der Waals surface area contributed by atoms with Gasteiger partial charge in [0, 0.05) is 13.1 Å². The second-order valence-electron chi connectivity index (χ2n) is 5.43. The lowest BCUT2D eigenvalue weighted by Gasteiger charge is -2.38. The van der Waals surface area contributed by atoms with E-state index >= 15 is 0 Å². The van der Waals surface area contributed by atoms with Crippen molar-refractivity contribution in [3.05, 3.63) is 18.1 Å². The number of piperidine rings is 1. The molecule has 1 aromatic heterocycles. The first-order valence-electron chi connectivity index (χ1n) is 6.07. The molecule has 1 aliphatic rings. The van der Waals surface area contributed by atoms with E-state index in [9.17, 15) is 0 Å². The Kier molecular flexibility index (Phi) is 3.36. The molecule has 0 amide bonds. The summed E-state index contributed by atoms with van der Waals surface area (Å²) in [7, 11) is 0. The molecule has 0 aliphatic carbocycles. The molecular formula is C12H19N5O. The maximum atomic E-state index is 8.56. The average molecular weight is 249 g/mol. The zero-order valence-corrected chi connectivity index (χ0v) is 10.8. The summed E-state index contributed by atoms with van der Waals surface area (Å²) < 4.78 is 0. The monoisotopic (exact) mass is 249 g/mol. The maximum Gasteiger partial charge on any atom is 0.190 e. The normalized spacial score (nSPS) is 19.9. The minimum absolute atomic E-state index is 0.0203. The van der Waals surface area contributed by atoms with Crippen LogP contribution in [0.1, 0.15) is 32.4 Å². The number of aromatic nitrogens is 2. The summed E-state index contributed by atoms with van der Waals surface area (Å²) in [6.45, 7) is 6.50. The van der Waals surface area contributed by atoms with Crippen LogP contribution >= 0.6 is 0 Å². The number of rotatable bonds is 2. The first kappa shape index (κ1) is 12.6. The van der Waals surface area contributed by atoms with E-state index in [1.165, 1.54) is 12.6 Å². The Balaban J connectivity index is 2.14. The average Bonchev–Trinajstić information content (AvgIpc) is 2.37. The fraction of sp³-hybridized carbons (Fsp3) is 0.583. The van der Waals surface area contributed by atoms with E-state index in [-0.39, 0.29) is 5.84 Å². The lowest BCUT2D eigenvalue weighted by atomic mass is 9.84. The molecule has 6 heteroatoms.